The number of carbonyl (C=O) groups excluding carboxylic acids is 4. The molecule has 2 unspecified atom stereocenters. The summed E-state index contributed by atoms with van der Waals surface area (Å²) >= 11 is 0. The zero-order valence-electron chi connectivity index (χ0n) is 27.4. The summed E-state index contributed by atoms with van der Waals surface area (Å²) in [7, 11) is 2.99. The second kappa shape index (κ2) is 15.7. The van der Waals surface area contributed by atoms with Gasteiger partial charge in [0.15, 0.2) is 23.0 Å². The molecule has 6 rings (SSSR count). The fraction of sp³-hybridized carbons (Fsp3) is 0.263. The van der Waals surface area contributed by atoms with Crippen LogP contribution in [0.3, 0.4) is 0 Å². The zero-order valence-corrected chi connectivity index (χ0v) is 27.4. The lowest BCUT2D eigenvalue weighted by Gasteiger charge is -2.11. The van der Waals surface area contributed by atoms with Crippen LogP contribution in [0.1, 0.15) is 44.7 Å². The van der Waals surface area contributed by atoms with Crippen molar-refractivity contribution in [2.45, 2.75) is 37.9 Å². The Bertz CT molecular complexity index is 1720. The van der Waals surface area contributed by atoms with E-state index < -0.39 is 23.9 Å². The summed E-state index contributed by atoms with van der Waals surface area (Å²) in [6.45, 7) is 1.47. The number of ether oxygens (including phenoxy) is 8. The molecule has 12 nitrogen and oxygen atoms in total. The van der Waals surface area contributed by atoms with Crippen molar-refractivity contribution in [2.75, 3.05) is 27.4 Å². The monoisotopic (exact) mass is 682 g/mol. The van der Waals surface area contributed by atoms with E-state index in [0.717, 1.165) is 37.2 Å². The third-order valence-electron chi connectivity index (χ3n) is 7.77. The Morgan fingerprint density at radius 2 is 0.920 bits per heavy atom. The van der Waals surface area contributed by atoms with Crippen molar-refractivity contribution in [1.82, 2.24) is 0 Å². The van der Waals surface area contributed by atoms with E-state index in [1.807, 2.05) is 24.3 Å². The first-order valence-corrected chi connectivity index (χ1v) is 15.9. The Hall–Kier alpha value is -5.72. The molecule has 12 heteroatoms. The van der Waals surface area contributed by atoms with Gasteiger partial charge in [0.2, 0.25) is 0 Å². The molecule has 50 heavy (non-hydrogen) atoms. The Balaban J connectivity index is 0.932. The molecule has 2 aliphatic rings. The molecule has 2 saturated heterocycles. The van der Waals surface area contributed by atoms with Gasteiger partial charge in [-0.2, -0.15) is 0 Å². The van der Waals surface area contributed by atoms with Crippen molar-refractivity contribution in [3.63, 3.8) is 0 Å². The smallest absolute Gasteiger partial charge is 0.343 e. The van der Waals surface area contributed by atoms with Crippen LogP contribution >= 0.6 is 0 Å². The van der Waals surface area contributed by atoms with Crippen molar-refractivity contribution in [3.05, 3.63) is 107 Å². The molecule has 258 valence electrons. The van der Waals surface area contributed by atoms with E-state index >= 15 is 0 Å². The highest BCUT2D eigenvalue weighted by molar-refractivity contribution is 5.92. The highest BCUT2D eigenvalue weighted by Crippen LogP contribution is 2.32. The molecule has 0 spiro atoms. The van der Waals surface area contributed by atoms with Gasteiger partial charge in [-0.1, -0.05) is 12.1 Å². The average Bonchev–Trinajstić information content (AvgIpc) is 4.07. The van der Waals surface area contributed by atoms with Crippen molar-refractivity contribution in [1.29, 1.82) is 0 Å². The molecule has 4 aromatic carbocycles. The topological polar surface area (TPSA) is 149 Å². The van der Waals surface area contributed by atoms with Crippen LogP contribution in [0.4, 0.5) is 0 Å². The quantitative estimate of drug-likeness (QED) is 0.0908. The summed E-state index contributed by atoms with van der Waals surface area (Å²) in [6.07, 6.45) is 1.45. The molecule has 0 radical (unpaired) electrons. The molecular weight excluding hydrogens is 648 g/mol. The van der Waals surface area contributed by atoms with E-state index in [-0.39, 0.29) is 59.2 Å². The van der Waals surface area contributed by atoms with Crippen LogP contribution in [-0.4, -0.2) is 63.5 Å². The third-order valence-corrected chi connectivity index (χ3v) is 7.77. The molecule has 2 fully saturated rings. The first kappa shape index (κ1) is 34.2. The van der Waals surface area contributed by atoms with E-state index in [1.165, 1.54) is 62.8 Å². The second-order valence-corrected chi connectivity index (χ2v) is 11.6. The second-order valence-electron chi connectivity index (χ2n) is 11.6. The van der Waals surface area contributed by atoms with Gasteiger partial charge in [0, 0.05) is 12.8 Å². The molecule has 2 heterocycles. The number of esters is 4. The maximum Gasteiger partial charge on any atom is 0.343 e. The number of methoxy groups -OCH3 is 2. The van der Waals surface area contributed by atoms with Crippen molar-refractivity contribution in [3.8, 4) is 34.5 Å². The largest absolute Gasteiger partial charge is 0.493 e. The fourth-order valence-corrected chi connectivity index (χ4v) is 4.95. The summed E-state index contributed by atoms with van der Waals surface area (Å²) in [5.41, 5.74) is 2.49. The Morgan fingerprint density at radius 1 is 0.540 bits per heavy atom. The first-order valence-electron chi connectivity index (χ1n) is 15.9. The molecule has 2 aliphatic heterocycles. The van der Waals surface area contributed by atoms with Gasteiger partial charge in [-0.25, -0.2) is 9.59 Å². The summed E-state index contributed by atoms with van der Waals surface area (Å²) in [4.78, 5) is 50.2. The molecule has 0 N–H and O–H groups in total. The maximum absolute atomic E-state index is 12.7. The molecule has 4 aromatic rings. The van der Waals surface area contributed by atoms with Gasteiger partial charge in [-0.05, 0) is 83.9 Å². The highest BCUT2D eigenvalue weighted by Gasteiger charge is 2.25. The van der Waals surface area contributed by atoms with E-state index in [4.69, 9.17) is 37.9 Å². The molecule has 2 atom stereocenters. The highest BCUT2D eigenvalue weighted by atomic mass is 16.6. The molecule has 0 bridgehead atoms. The summed E-state index contributed by atoms with van der Waals surface area (Å²) in [5.74, 6) is -0.778. The van der Waals surface area contributed by atoms with Crippen LogP contribution in [-0.2, 0) is 31.9 Å². The number of carbonyl (C=O) groups is 4. The maximum atomic E-state index is 12.7. The summed E-state index contributed by atoms with van der Waals surface area (Å²) in [6, 6.07) is 22.3. The fourth-order valence-electron chi connectivity index (χ4n) is 4.95. The van der Waals surface area contributed by atoms with Gasteiger partial charge in [-0.3, -0.25) is 9.59 Å². The molecule has 0 aliphatic carbocycles. The Kier molecular flexibility index (Phi) is 10.7. The standard InChI is InChI=1S/C38H34O12/c1-43-33-19-23(17-29-21-45-29)3-13-31(33)49-37(41)25-5-9-27(10-6-25)47-35(39)15-16-36(40)48-28-11-7-26(8-12-28)38(42)50-32-14-4-24(18-30-22-46-30)20-34(32)44-2/h3-14,19-20,29-30H,15-18,21-22H2,1-2H3. The summed E-state index contributed by atoms with van der Waals surface area (Å²) in [5, 5.41) is 0. The van der Waals surface area contributed by atoms with Crippen LogP contribution in [0, 0.1) is 0 Å². The number of rotatable bonds is 15. The van der Waals surface area contributed by atoms with Gasteiger partial charge in [-0.15, -0.1) is 0 Å². The lowest BCUT2D eigenvalue weighted by molar-refractivity contribution is -0.140. The molecule has 0 amide bonds. The van der Waals surface area contributed by atoms with Crippen LogP contribution in [0.25, 0.3) is 0 Å². The van der Waals surface area contributed by atoms with Crippen molar-refractivity contribution < 1.29 is 57.1 Å². The number of benzene rings is 4. The van der Waals surface area contributed by atoms with E-state index in [0.29, 0.717) is 11.5 Å². The minimum atomic E-state index is -0.666. The van der Waals surface area contributed by atoms with E-state index in [9.17, 15) is 19.2 Å². The number of hydrogen-bond donors (Lipinski definition) is 0. The van der Waals surface area contributed by atoms with Gasteiger partial charge in [0.25, 0.3) is 0 Å². The van der Waals surface area contributed by atoms with Crippen molar-refractivity contribution in [2.24, 2.45) is 0 Å². The average molecular weight is 683 g/mol. The van der Waals surface area contributed by atoms with Gasteiger partial charge in [0.1, 0.15) is 11.5 Å². The van der Waals surface area contributed by atoms with E-state index in [2.05, 4.69) is 0 Å². The van der Waals surface area contributed by atoms with Crippen LogP contribution in [0.15, 0.2) is 84.9 Å². The normalized spacial score (nSPS) is 15.7. The summed E-state index contributed by atoms with van der Waals surface area (Å²) < 4.78 is 42.9. The third kappa shape index (κ3) is 9.46. The Morgan fingerprint density at radius 3 is 1.26 bits per heavy atom. The molecule has 0 saturated carbocycles. The molecular formula is C38H34O12. The number of hydrogen-bond acceptors (Lipinski definition) is 12. The lowest BCUT2D eigenvalue weighted by Crippen LogP contribution is -2.14. The van der Waals surface area contributed by atoms with Gasteiger partial charge >= 0.3 is 23.9 Å². The van der Waals surface area contributed by atoms with E-state index in [1.54, 1.807) is 12.1 Å². The van der Waals surface area contributed by atoms with Crippen LogP contribution < -0.4 is 28.4 Å². The van der Waals surface area contributed by atoms with Gasteiger partial charge in [0.05, 0.1) is 63.6 Å². The molecule has 0 aromatic heterocycles. The predicted octanol–water partition coefficient (Wildman–Crippen LogP) is 5.32. The predicted molar refractivity (Wildman–Crippen MR) is 176 cm³/mol. The zero-order chi connectivity index (χ0) is 35.0. The minimum Gasteiger partial charge on any atom is -0.493 e. The van der Waals surface area contributed by atoms with Crippen LogP contribution in [0.5, 0.6) is 34.5 Å². The number of epoxide rings is 2. The Labute approximate surface area is 287 Å². The van der Waals surface area contributed by atoms with Gasteiger partial charge < -0.3 is 37.9 Å². The lowest BCUT2D eigenvalue weighted by atomic mass is 10.1. The van der Waals surface area contributed by atoms with Crippen molar-refractivity contribution >= 4 is 23.9 Å². The van der Waals surface area contributed by atoms with Crippen LogP contribution in [0.2, 0.25) is 0 Å². The first-order chi connectivity index (χ1) is 24.3. The minimum absolute atomic E-state index is 0.188. The SMILES string of the molecule is COc1cc(CC2CO2)ccc1OC(=O)c1ccc(OC(=O)CCC(=O)Oc2ccc(C(=O)Oc3ccc(CC4CO4)cc3OC)cc2)cc1.